The van der Waals surface area contributed by atoms with Gasteiger partial charge in [0.25, 0.3) is 0 Å². The summed E-state index contributed by atoms with van der Waals surface area (Å²) in [6.45, 7) is 2.94. The highest BCUT2D eigenvalue weighted by molar-refractivity contribution is 6.30. The molecule has 0 heterocycles. The second-order valence-corrected chi connectivity index (χ2v) is 4.21. The summed E-state index contributed by atoms with van der Waals surface area (Å²) in [6.07, 6.45) is 0. The van der Waals surface area contributed by atoms with Gasteiger partial charge in [0.2, 0.25) is 0 Å². The van der Waals surface area contributed by atoms with Crippen LogP contribution in [0.3, 0.4) is 0 Å². The second kappa shape index (κ2) is 6.42. The molecule has 0 aliphatic carbocycles. The number of halogens is 2. The Hall–Kier alpha value is -1.33. The van der Waals surface area contributed by atoms with Crippen LogP contribution in [0.15, 0.2) is 23.4 Å². The number of hydrogen-bond acceptors (Lipinski definition) is 3. The van der Waals surface area contributed by atoms with Gasteiger partial charge in [0, 0.05) is 19.0 Å². The largest absolute Gasteiger partial charge is 0.409 e. The molecule has 17 heavy (non-hydrogen) atoms. The third kappa shape index (κ3) is 4.20. The van der Waals surface area contributed by atoms with E-state index in [0.29, 0.717) is 13.1 Å². The van der Waals surface area contributed by atoms with Gasteiger partial charge in [0.15, 0.2) is 0 Å². The second-order valence-electron chi connectivity index (χ2n) is 3.81. The summed E-state index contributed by atoms with van der Waals surface area (Å²) in [7, 11) is 0. The maximum atomic E-state index is 12.9. The van der Waals surface area contributed by atoms with Crippen molar-refractivity contribution in [2.24, 2.45) is 16.8 Å². The fraction of sp³-hybridized carbons (Fsp3) is 0.364. The summed E-state index contributed by atoms with van der Waals surface area (Å²) in [5.41, 5.74) is 6.31. The molecule has 1 rings (SSSR count). The Labute approximate surface area is 104 Å². The Morgan fingerprint density at radius 2 is 2.35 bits per heavy atom. The Bertz CT molecular complexity index is 412. The summed E-state index contributed by atoms with van der Waals surface area (Å²) >= 11 is 5.65. The number of amidine groups is 1. The van der Waals surface area contributed by atoms with Crippen molar-refractivity contribution in [2.75, 3.05) is 6.54 Å². The summed E-state index contributed by atoms with van der Waals surface area (Å²) in [4.78, 5) is 0. The smallest absolute Gasteiger partial charge is 0.143 e. The quantitative estimate of drug-likeness (QED) is 0.328. The molecule has 4 nitrogen and oxygen atoms in total. The number of benzene rings is 1. The van der Waals surface area contributed by atoms with E-state index < -0.39 is 5.82 Å². The number of nitrogens with zero attached hydrogens (tertiary/aromatic N) is 1. The van der Waals surface area contributed by atoms with Crippen molar-refractivity contribution in [2.45, 2.75) is 13.5 Å². The standard InChI is InChI=1S/C11H15ClFN3O/c1-7(11(14)16-17)5-15-6-8-2-3-10(13)9(12)4-8/h2-4,7,15,17H,5-6H2,1H3,(H2,14,16). The van der Waals surface area contributed by atoms with Crippen molar-refractivity contribution >= 4 is 17.4 Å². The average Bonchev–Trinajstić information content (AvgIpc) is 2.32. The van der Waals surface area contributed by atoms with Crippen LogP contribution in [0.2, 0.25) is 5.02 Å². The average molecular weight is 260 g/mol. The molecule has 94 valence electrons. The number of hydrogen-bond donors (Lipinski definition) is 3. The highest BCUT2D eigenvalue weighted by atomic mass is 35.5. The van der Waals surface area contributed by atoms with Gasteiger partial charge in [-0.05, 0) is 17.7 Å². The zero-order valence-electron chi connectivity index (χ0n) is 9.45. The Morgan fingerprint density at radius 3 is 2.94 bits per heavy atom. The molecule has 0 spiro atoms. The molecule has 1 aromatic rings. The van der Waals surface area contributed by atoms with Crippen LogP contribution in [0, 0.1) is 11.7 Å². The van der Waals surface area contributed by atoms with Gasteiger partial charge in [0.05, 0.1) is 5.02 Å². The lowest BCUT2D eigenvalue weighted by Gasteiger charge is -2.11. The van der Waals surface area contributed by atoms with E-state index in [9.17, 15) is 4.39 Å². The molecular weight excluding hydrogens is 245 g/mol. The topological polar surface area (TPSA) is 70.6 Å². The first-order chi connectivity index (χ1) is 8.04. The van der Waals surface area contributed by atoms with Gasteiger partial charge in [-0.2, -0.15) is 0 Å². The van der Waals surface area contributed by atoms with Crippen molar-refractivity contribution in [3.05, 3.63) is 34.6 Å². The first-order valence-electron chi connectivity index (χ1n) is 5.16. The van der Waals surface area contributed by atoms with E-state index in [1.54, 1.807) is 12.1 Å². The number of nitrogens with two attached hydrogens (primary N) is 1. The minimum absolute atomic E-state index is 0.0732. The van der Waals surface area contributed by atoms with Crippen LogP contribution in [-0.4, -0.2) is 17.6 Å². The molecule has 0 saturated carbocycles. The number of nitrogens with one attached hydrogen (secondary N) is 1. The molecule has 0 aliphatic rings. The summed E-state index contributed by atoms with van der Waals surface area (Å²) in [5, 5.41) is 14.6. The fourth-order valence-electron chi connectivity index (χ4n) is 1.29. The summed E-state index contributed by atoms with van der Waals surface area (Å²) < 4.78 is 12.9. The van der Waals surface area contributed by atoms with Crippen LogP contribution in [0.5, 0.6) is 0 Å². The van der Waals surface area contributed by atoms with E-state index in [-0.39, 0.29) is 16.8 Å². The van der Waals surface area contributed by atoms with Crippen molar-refractivity contribution in [1.29, 1.82) is 0 Å². The van der Waals surface area contributed by atoms with Crippen LogP contribution in [0.4, 0.5) is 4.39 Å². The molecule has 1 atom stereocenters. The third-order valence-corrected chi connectivity index (χ3v) is 2.67. The highest BCUT2D eigenvalue weighted by Gasteiger charge is 2.07. The normalized spacial score (nSPS) is 13.7. The lowest BCUT2D eigenvalue weighted by atomic mass is 10.1. The predicted molar refractivity (Wildman–Crippen MR) is 65.7 cm³/mol. The molecule has 4 N–H and O–H groups in total. The van der Waals surface area contributed by atoms with E-state index in [0.717, 1.165) is 5.56 Å². The third-order valence-electron chi connectivity index (χ3n) is 2.38. The van der Waals surface area contributed by atoms with Crippen molar-refractivity contribution < 1.29 is 9.60 Å². The van der Waals surface area contributed by atoms with E-state index in [4.69, 9.17) is 22.5 Å². The first kappa shape index (κ1) is 13.7. The molecule has 6 heteroatoms. The molecule has 0 fully saturated rings. The minimum Gasteiger partial charge on any atom is -0.409 e. The molecule has 1 aromatic carbocycles. The Kier molecular flexibility index (Phi) is 5.18. The minimum atomic E-state index is -0.430. The van der Waals surface area contributed by atoms with Crippen LogP contribution in [0.1, 0.15) is 12.5 Å². The SMILES string of the molecule is CC(CNCc1ccc(F)c(Cl)c1)C(N)=NO. The zero-order valence-corrected chi connectivity index (χ0v) is 10.2. The Balaban J connectivity index is 2.43. The molecule has 0 saturated heterocycles. The monoisotopic (exact) mass is 259 g/mol. The van der Waals surface area contributed by atoms with Gasteiger partial charge in [0.1, 0.15) is 11.7 Å². The first-order valence-corrected chi connectivity index (χ1v) is 5.54. The van der Waals surface area contributed by atoms with E-state index >= 15 is 0 Å². The lowest BCUT2D eigenvalue weighted by Crippen LogP contribution is -2.31. The molecular formula is C11H15ClFN3O. The zero-order chi connectivity index (χ0) is 12.8. The van der Waals surface area contributed by atoms with E-state index in [1.165, 1.54) is 6.07 Å². The van der Waals surface area contributed by atoms with E-state index in [1.807, 2.05) is 6.92 Å². The maximum absolute atomic E-state index is 12.9. The maximum Gasteiger partial charge on any atom is 0.143 e. The summed E-state index contributed by atoms with van der Waals surface area (Å²) in [6, 6.07) is 4.55. The van der Waals surface area contributed by atoms with Gasteiger partial charge in [-0.25, -0.2) is 4.39 Å². The number of oxime groups is 1. The van der Waals surface area contributed by atoms with Crippen molar-refractivity contribution in [3.63, 3.8) is 0 Å². The lowest BCUT2D eigenvalue weighted by molar-refractivity contribution is 0.314. The predicted octanol–water partition coefficient (Wildman–Crippen LogP) is 1.95. The fourth-order valence-corrected chi connectivity index (χ4v) is 1.49. The number of rotatable bonds is 5. The van der Waals surface area contributed by atoms with Gasteiger partial charge >= 0.3 is 0 Å². The van der Waals surface area contributed by atoms with E-state index in [2.05, 4.69) is 10.5 Å². The van der Waals surface area contributed by atoms with Crippen LogP contribution >= 0.6 is 11.6 Å². The molecule has 0 radical (unpaired) electrons. The van der Waals surface area contributed by atoms with Crippen LogP contribution < -0.4 is 11.1 Å². The molecule has 0 amide bonds. The molecule has 0 aliphatic heterocycles. The van der Waals surface area contributed by atoms with Crippen molar-refractivity contribution in [1.82, 2.24) is 5.32 Å². The molecule has 0 aromatic heterocycles. The van der Waals surface area contributed by atoms with Crippen LogP contribution in [0.25, 0.3) is 0 Å². The molecule has 0 bridgehead atoms. The van der Waals surface area contributed by atoms with Gasteiger partial charge in [-0.1, -0.05) is 29.7 Å². The highest BCUT2D eigenvalue weighted by Crippen LogP contribution is 2.15. The van der Waals surface area contributed by atoms with Crippen LogP contribution in [-0.2, 0) is 6.54 Å². The summed E-state index contributed by atoms with van der Waals surface area (Å²) in [5.74, 6) is -0.328. The van der Waals surface area contributed by atoms with Gasteiger partial charge in [-0.15, -0.1) is 0 Å². The van der Waals surface area contributed by atoms with Gasteiger partial charge < -0.3 is 16.3 Å². The molecule has 1 unspecified atom stereocenters. The Morgan fingerprint density at radius 1 is 1.65 bits per heavy atom. The van der Waals surface area contributed by atoms with Gasteiger partial charge in [-0.3, -0.25) is 0 Å². The van der Waals surface area contributed by atoms with Crippen molar-refractivity contribution in [3.8, 4) is 0 Å².